The summed E-state index contributed by atoms with van der Waals surface area (Å²) < 4.78 is 1.59. The van der Waals surface area contributed by atoms with Crippen molar-refractivity contribution in [3.8, 4) is 11.3 Å². The van der Waals surface area contributed by atoms with Crippen molar-refractivity contribution in [2.45, 2.75) is 38.9 Å². The molecule has 27 heavy (non-hydrogen) atoms. The van der Waals surface area contributed by atoms with Gasteiger partial charge in [0.2, 0.25) is 0 Å². The Labute approximate surface area is 157 Å². The maximum atomic E-state index is 12.3. The highest BCUT2D eigenvalue weighted by atomic mass is 16.1. The van der Waals surface area contributed by atoms with Crippen molar-refractivity contribution in [1.29, 1.82) is 0 Å². The summed E-state index contributed by atoms with van der Waals surface area (Å²) in [5, 5.41) is 4.58. The molecule has 0 bridgehead atoms. The Kier molecular flexibility index (Phi) is 5.02. The van der Waals surface area contributed by atoms with Crippen molar-refractivity contribution < 1.29 is 0 Å². The first-order valence-corrected chi connectivity index (χ1v) is 9.19. The van der Waals surface area contributed by atoms with Gasteiger partial charge in [0.15, 0.2) is 0 Å². The number of rotatable bonds is 5. The highest BCUT2D eigenvalue weighted by Gasteiger charge is 2.25. The lowest BCUT2D eigenvalue weighted by Gasteiger charge is -2.24. The predicted octanol–water partition coefficient (Wildman–Crippen LogP) is 2.07. The number of aromatic nitrogens is 5. The molecule has 1 saturated heterocycles. The van der Waals surface area contributed by atoms with E-state index >= 15 is 0 Å². The first-order chi connectivity index (χ1) is 13.2. The van der Waals surface area contributed by atoms with Crippen molar-refractivity contribution in [2.75, 3.05) is 6.54 Å². The third-order valence-corrected chi connectivity index (χ3v) is 4.95. The number of pyridine rings is 1. The third-order valence-electron chi connectivity index (χ3n) is 4.95. The second kappa shape index (κ2) is 7.75. The number of hydrogen-bond acceptors (Lipinski definition) is 6. The minimum absolute atomic E-state index is 0.0710. The molecule has 0 N–H and O–H groups in total. The highest BCUT2D eigenvalue weighted by molar-refractivity contribution is 5.56. The Morgan fingerprint density at radius 1 is 1.11 bits per heavy atom. The average Bonchev–Trinajstić information content (AvgIpc) is 3.13. The topological polar surface area (TPSA) is 76.8 Å². The van der Waals surface area contributed by atoms with Gasteiger partial charge in [-0.1, -0.05) is 0 Å². The van der Waals surface area contributed by atoms with Crippen molar-refractivity contribution >= 4 is 0 Å². The fourth-order valence-corrected chi connectivity index (χ4v) is 3.50. The molecule has 1 fully saturated rings. The smallest absolute Gasteiger partial charge is 0.266 e. The molecule has 4 rings (SSSR count). The monoisotopic (exact) mass is 362 g/mol. The molecule has 1 aliphatic rings. The van der Waals surface area contributed by atoms with E-state index in [0.29, 0.717) is 6.54 Å². The summed E-state index contributed by atoms with van der Waals surface area (Å²) in [6.45, 7) is 4.28. The van der Waals surface area contributed by atoms with Crippen LogP contribution in [0, 0.1) is 6.92 Å². The summed E-state index contributed by atoms with van der Waals surface area (Å²) in [4.78, 5) is 27.3. The molecule has 0 radical (unpaired) electrons. The minimum atomic E-state index is -0.0710. The third kappa shape index (κ3) is 4.09. The zero-order valence-corrected chi connectivity index (χ0v) is 15.3. The largest absolute Gasteiger partial charge is 0.294 e. The summed E-state index contributed by atoms with van der Waals surface area (Å²) in [5.74, 6) is 0.778. The van der Waals surface area contributed by atoms with Crippen molar-refractivity contribution in [3.05, 3.63) is 70.8 Å². The molecule has 1 aliphatic heterocycles. The predicted molar refractivity (Wildman–Crippen MR) is 102 cm³/mol. The van der Waals surface area contributed by atoms with Gasteiger partial charge in [0.05, 0.1) is 12.2 Å². The molecule has 138 valence electrons. The number of aryl methyl sites for hydroxylation is 1. The molecule has 1 unspecified atom stereocenters. The van der Waals surface area contributed by atoms with Gasteiger partial charge in [0, 0.05) is 54.6 Å². The van der Waals surface area contributed by atoms with E-state index in [9.17, 15) is 4.79 Å². The van der Waals surface area contributed by atoms with Crippen LogP contribution in [0.25, 0.3) is 11.3 Å². The molecule has 0 aliphatic carbocycles. The molecule has 0 saturated carbocycles. The Bertz CT molecular complexity index is 954. The summed E-state index contributed by atoms with van der Waals surface area (Å²) in [6, 6.07) is 7.44. The van der Waals surface area contributed by atoms with Crippen molar-refractivity contribution in [3.63, 3.8) is 0 Å². The molecule has 7 heteroatoms. The number of likely N-dealkylation sites (tertiary alicyclic amines) is 1. The Morgan fingerprint density at radius 3 is 2.67 bits per heavy atom. The van der Waals surface area contributed by atoms with E-state index < -0.39 is 0 Å². The van der Waals surface area contributed by atoms with Crippen LogP contribution in [-0.2, 0) is 13.1 Å². The fraction of sp³-hybridized carbons (Fsp3) is 0.350. The van der Waals surface area contributed by atoms with Gasteiger partial charge in [0.25, 0.3) is 5.56 Å². The van der Waals surface area contributed by atoms with E-state index in [0.717, 1.165) is 48.6 Å². The minimum Gasteiger partial charge on any atom is -0.294 e. The first kappa shape index (κ1) is 17.5. The fourth-order valence-electron chi connectivity index (χ4n) is 3.50. The van der Waals surface area contributed by atoms with Crippen LogP contribution < -0.4 is 5.56 Å². The van der Waals surface area contributed by atoms with Gasteiger partial charge in [-0.2, -0.15) is 5.10 Å². The Morgan fingerprint density at radius 2 is 1.89 bits per heavy atom. The van der Waals surface area contributed by atoms with Crippen LogP contribution in [0.3, 0.4) is 0 Å². The molecule has 4 heterocycles. The highest BCUT2D eigenvalue weighted by Crippen LogP contribution is 2.21. The van der Waals surface area contributed by atoms with Crippen LogP contribution in [0.4, 0.5) is 0 Å². The van der Waals surface area contributed by atoms with Crippen LogP contribution >= 0.6 is 0 Å². The zero-order chi connectivity index (χ0) is 18.6. The quantitative estimate of drug-likeness (QED) is 0.691. The number of hydrogen-bond donors (Lipinski definition) is 0. The van der Waals surface area contributed by atoms with Crippen LogP contribution in [0.2, 0.25) is 0 Å². The summed E-state index contributed by atoms with van der Waals surface area (Å²) in [7, 11) is 0. The maximum absolute atomic E-state index is 12.3. The van der Waals surface area contributed by atoms with Gasteiger partial charge in [-0.15, -0.1) is 0 Å². The zero-order valence-electron chi connectivity index (χ0n) is 15.3. The molecular formula is C20H22N6O. The second-order valence-corrected chi connectivity index (χ2v) is 6.88. The van der Waals surface area contributed by atoms with Crippen molar-refractivity contribution in [2.24, 2.45) is 0 Å². The SMILES string of the molecule is Cc1ncc(CN2CCCC2Cn2nc(-c3ccncc3)ccc2=O)cn1. The summed E-state index contributed by atoms with van der Waals surface area (Å²) >= 11 is 0. The second-order valence-electron chi connectivity index (χ2n) is 6.88. The van der Waals surface area contributed by atoms with E-state index in [2.05, 4.69) is 25.0 Å². The molecular weight excluding hydrogens is 340 g/mol. The van der Waals surface area contributed by atoms with Crippen molar-refractivity contribution in [1.82, 2.24) is 29.6 Å². The number of nitrogens with zero attached hydrogens (tertiary/aromatic N) is 6. The van der Waals surface area contributed by atoms with E-state index in [1.54, 1.807) is 29.2 Å². The lowest BCUT2D eigenvalue weighted by molar-refractivity contribution is 0.216. The average molecular weight is 362 g/mol. The summed E-state index contributed by atoms with van der Waals surface area (Å²) in [6.07, 6.45) is 9.40. The standard InChI is InChI=1S/C20H22N6O/c1-15-22-11-16(12-23-15)13-25-10-2-3-18(25)14-26-20(27)5-4-19(24-26)17-6-8-21-9-7-17/h4-9,11-12,18H,2-3,10,13-14H2,1H3. The summed E-state index contributed by atoms with van der Waals surface area (Å²) in [5.41, 5.74) is 2.77. The van der Waals surface area contributed by atoms with E-state index in [1.165, 1.54) is 0 Å². The normalized spacial score (nSPS) is 17.3. The lowest BCUT2D eigenvalue weighted by atomic mass is 10.2. The molecule has 0 aromatic carbocycles. The Balaban J connectivity index is 1.52. The van der Waals surface area contributed by atoms with Gasteiger partial charge in [-0.3, -0.25) is 14.7 Å². The van der Waals surface area contributed by atoms with Crippen LogP contribution in [-0.4, -0.2) is 42.2 Å². The van der Waals surface area contributed by atoms with Gasteiger partial charge >= 0.3 is 0 Å². The molecule has 7 nitrogen and oxygen atoms in total. The first-order valence-electron chi connectivity index (χ1n) is 9.19. The molecule has 1 atom stereocenters. The molecule has 0 spiro atoms. The van der Waals surface area contributed by atoms with Gasteiger partial charge in [-0.25, -0.2) is 14.6 Å². The van der Waals surface area contributed by atoms with Gasteiger partial charge in [-0.05, 0) is 44.5 Å². The van der Waals surface area contributed by atoms with Gasteiger partial charge < -0.3 is 0 Å². The van der Waals surface area contributed by atoms with Crippen LogP contribution in [0.1, 0.15) is 24.2 Å². The lowest BCUT2D eigenvalue weighted by Crippen LogP contribution is -2.36. The van der Waals surface area contributed by atoms with Crippen LogP contribution in [0.15, 0.2) is 53.8 Å². The van der Waals surface area contributed by atoms with Gasteiger partial charge in [0.1, 0.15) is 5.82 Å². The Hall–Kier alpha value is -2.93. The molecule has 0 amide bonds. The maximum Gasteiger partial charge on any atom is 0.266 e. The molecule has 3 aromatic heterocycles. The van der Waals surface area contributed by atoms with E-state index in [1.807, 2.05) is 31.5 Å². The van der Waals surface area contributed by atoms with Crippen LogP contribution in [0.5, 0.6) is 0 Å². The van der Waals surface area contributed by atoms with E-state index in [-0.39, 0.29) is 11.6 Å². The van der Waals surface area contributed by atoms with E-state index in [4.69, 9.17) is 0 Å². The molecule has 3 aromatic rings.